The third kappa shape index (κ3) is 11.4. The smallest absolute Gasteiger partial charge is 0.0606 e. The summed E-state index contributed by atoms with van der Waals surface area (Å²) in [5.74, 6) is 0.647. The number of rotatable bonds is 12. The van der Waals surface area contributed by atoms with E-state index in [1.807, 2.05) is 0 Å². The molecule has 0 radical (unpaired) electrons. The number of aliphatic hydroxyl groups excluding tert-OH is 1. The van der Waals surface area contributed by atoms with Crippen molar-refractivity contribution in [3.8, 4) is 0 Å². The first kappa shape index (κ1) is 40.7. The van der Waals surface area contributed by atoms with Crippen molar-refractivity contribution in [3.05, 3.63) is 129 Å². The molecular weight excluding hydrogens is 677 g/mol. The van der Waals surface area contributed by atoms with Gasteiger partial charge in [-0.15, -0.1) is 50.5 Å². The van der Waals surface area contributed by atoms with Gasteiger partial charge in [0.1, 0.15) is 0 Å². The maximum absolute atomic E-state index is 9.15. The number of aliphatic hydroxyl groups is 1. The van der Waals surface area contributed by atoms with Gasteiger partial charge in [0.05, 0.1) is 6.61 Å². The molecule has 0 amide bonds. The Kier molecular flexibility index (Phi) is 16.3. The zero-order valence-electron chi connectivity index (χ0n) is 30.3. The number of anilines is 2. The zero-order valence-corrected chi connectivity index (χ0v) is 33.9. The number of aryl methyl sites for hydroxylation is 4. The van der Waals surface area contributed by atoms with Crippen LogP contribution in [0.15, 0.2) is 84.9 Å². The lowest BCUT2D eigenvalue weighted by Crippen LogP contribution is -2.27. The van der Waals surface area contributed by atoms with E-state index in [9.17, 15) is 0 Å². The van der Waals surface area contributed by atoms with Crippen LogP contribution in [0.25, 0.3) is 19.6 Å². The Bertz CT molecular complexity index is 1730. The first-order chi connectivity index (χ1) is 23.3. The van der Waals surface area contributed by atoms with E-state index in [0.29, 0.717) is 12.5 Å². The second-order valence-electron chi connectivity index (χ2n) is 12.9. The van der Waals surface area contributed by atoms with Crippen LogP contribution in [-0.2, 0) is 0 Å². The van der Waals surface area contributed by atoms with Crippen LogP contribution in [0.3, 0.4) is 0 Å². The molecule has 3 nitrogen and oxygen atoms in total. The molecule has 49 heavy (non-hydrogen) atoms. The summed E-state index contributed by atoms with van der Waals surface area (Å²) in [5, 5.41) is 9.15. The quantitative estimate of drug-likeness (QED) is 0.0742. The number of likely N-dealkylation sites (N-methyl/N-ethyl adjacent to an activating group) is 1. The highest BCUT2D eigenvalue weighted by Crippen LogP contribution is 2.36. The van der Waals surface area contributed by atoms with E-state index in [4.69, 9.17) is 55.6 Å². The van der Waals surface area contributed by atoms with Crippen molar-refractivity contribution in [2.24, 2.45) is 5.92 Å². The van der Waals surface area contributed by atoms with Crippen molar-refractivity contribution in [1.29, 1.82) is 0 Å². The lowest BCUT2D eigenvalue weighted by atomic mass is 10.0. The van der Waals surface area contributed by atoms with E-state index in [2.05, 4.69) is 150 Å². The van der Waals surface area contributed by atoms with Gasteiger partial charge in [-0.2, -0.15) is 0 Å². The highest BCUT2D eigenvalue weighted by molar-refractivity contribution is 7.97. The molecule has 262 valence electrons. The SMILES string of the molecule is CCN(CC(C)C)c1ccc(/C(S)=C(/S)c2cc(C)ccc2C)cc1.CCN(CCO)c1ccc(/C(S)=C(/S)c2cc(C)ccc2C)cc1. The van der Waals surface area contributed by atoms with Crippen molar-refractivity contribution in [3.63, 3.8) is 0 Å². The van der Waals surface area contributed by atoms with Gasteiger partial charge in [-0.25, -0.2) is 0 Å². The van der Waals surface area contributed by atoms with Gasteiger partial charge in [0, 0.05) is 57.2 Å². The third-order valence-electron chi connectivity index (χ3n) is 8.48. The number of benzene rings is 4. The minimum absolute atomic E-state index is 0.154. The predicted octanol–water partition coefficient (Wildman–Crippen LogP) is 11.3. The number of hydrogen-bond acceptors (Lipinski definition) is 7. The molecule has 0 fully saturated rings. The number of thiol groups is 4. The van der Waals surface area contributed by atoms with Crippen LogP contribution in [0.2, 0.25) is 0 Å². The van der Waals surface area contributed by atoms with Gasteiger partial charge in [-0.05, 0) is 105 Å². The molecule has 0 atom stereocenters. The summed E-state index contributed by atoms with van der Waals surface area (Å²) in [6, 6.07) is 29.7. The van der Waals surface area contributed by atoms with Crippen LogP contribution < -0.4 is 9.80 Å². The summed E-state index contributed by atoms with van der Waals surface area (Å²) in [6.45, 7) is 20.9. The summed E-state index contributed by atoms with van der Waals surface area (Å²) in [7, 11) is 0. The summed E-state index contributed by atoms with van der Waals surface area (Å²) in [4.78, 5) is 8.13. The van der Waals surface area contributed by atoms with Crippen LogP contribution in [-0.4, -0.2) is 37.9 Å². The predicted molar refractivity (Wildman–Crippen MR) is 232 cm³/mol. The van der Waals surface area contributed by atoms with Crippen molar-refractivity contribution in [1.82, 2.24) is 0 Å². The van der Waals surface area contributed by atoms with Gasteiger partial charge < -0.3 is 14.9 Å². The zero-order chi connectivity index (χ0) is 36.2. The molecule has 0 aromatic heterocycles. The van der Waals surface area contributed by atoms with E-state index in [0.717, 1.165) is 67.2 Å². The van der Waals surface area contributed by atoms with E-state index in [1.54, 1.807) is 0 Å². The molecule has 0 saturated heterocycles. The molecule has 0 aliphatic carbocycles. The highest BCUT2D eigenvalue weighted by Gasteiger charge is 2.12. The van der Waals surface area contributed by atoms with Crippen LogP contribution in [0, 0.1) is 33.6 Å². The Morgan fingerprint density at radius 1 is 0.571 bits per heavy atom. The minimum atomic E-state index is 0.154. The van der Waals surface area contributed by atoms with Crippen LogP contribution in [0.4, 0.5) is 11.4 Å². The molecule has 0 saturated carbocycles. The summed E-state index contributed by atoms with van der Waals surface area (Å²) in [6.07, 6.45) is 0. The second kappa shape index (κ2) is 19.6. The molecule has 4 aromatic carbocycles. The van der Waals surface area contributed by atoms with Crippen molar-refractivity contribution in [2.45, 2.75) is 55.4 Å². The lowest BCUT2D eigenvalue weighted by Gasteiger charge is -2.25. The average molecular weight is 731 g/mol. The minimum Gasteiger partial charge on any atom is -0.395 e. The Morgan fingerprint density at radius 3 is 1.31 bits per heavy atom. The third-order valence-corrected chi connectivity index (χ3v) is 10.7. The van der Waals surface area contributed by atoms with E-state index >= 15 is 0 Å². The van der Waals surface area contributed by atoms with Crippen LogP contribution in [0.1, 0.15) is 72.2 Å². The Morgan fingerprint density at radius 2 is 0.959 bits per heavy atom. The molecule has 0 unspecified atom stereocenters. The second-order valence-corrected chi connectivity index (χ2v) is 14.6. The first-order valence-corrected chi connectivity index (χ1v) is 18.8. The van der Waals surface area contributed by atoms with Crippen LogP contribution >= 0.6 is 50.5 Å². The van der Waals surface area contributed by atoms with Gasteiger partial charge in [0.25, 0.3) is 0 Å². The summed E-state index contributed by atoms with van der Waals surface area (Å²) < 4.78 is 0. The molecule has 0 heterocycles. The maximum atomic E-state index is 9.15. The van der Waals surface area contributed by atoms with Crippen LogP contribution in [0.5, 0.6) is 0 Å². The van der Waals surface area contributed by atoms with E-state index in [1.165, 1.54) is 27.9 Å². The van der Waals surface area contributed by atoms with E-state index < -0.39 is 0 Å². The van der Waals surface area contributed by atoms with Crippen molar-refractivity contribution >= 4 is 81.5 Å². The van der Waals surface area contributed by atoms with E-state index in [-0.39, 0.29) is 6.61 Å². The molecule has 0 spiro atoms. The Balaban J connectivity index is 0.000000266. The fourth-order valence-electron chi connectivity index (χ4n) is 5.62. The van der Waals surface area contributed by atoms with Gasteiger partial charge in [-0.3, -0.25) is 0 Å². The molecule has 0 aliphatic rings. The molecule has 1 N–H and O–H groups in total. The normalized spacial score (nSPS) is 12.2. The van der Waals surface area contributed by atoms with Crippen molar-refractivity contribution in [2.75, 3.05) is 42.6 Å². The fourth-order valence-corrected chi connectivity index (χ4v) is 6.90. The summed E-state index contributed by atoms with van der Waals surface area (Å²) >= 11 is 19.0. The van der Waals surface area contributed by atoms with Gasteiger partial charge in [-0.1, -0.05) is 85.6 Å². The largest absolute Gasteiger partial charge is 0.395 e. The standard InChI is InChI=1S/C22H29NS2.C20H25NOS2/c1-6-23(14-15(2)3)19-11-9-18(10-12-19)21(24)22(25)20-13-16(4)7-8-17(20)5;1-4-21(11-12-22)17-9-7-16(8-10-17)19(23)20(24)18-13-14(2)5-6-15(18)3/h7-13,15,24-25H,6,14H2,1-5H3;5-10,13,22-24H,4,11-12H2,1-3H3/b22-21-;20-19-. The highest BCUT2D eigenvalue weighted by atomic mass is 32.1. The number of hydrogen-bond donors (Lipinski definition) is 5. The average Bonchev–Trinajstić information content (AvgIpc) is 3.10. The first-order valence-electron chi connectivity index (χ1n) is 17.0. The summed E-state index contributed by atoms with van der Waals surface area (Å²) in [5.41, 5.74) is 11.6. The fraction of sp³-hybridized carbons (Fsp3) is 0.333. The molecule has 4 rings (SSSR count). The van der Waals surface area contributed by atoms with Gasteiger partial charge >= 0.3 is 0 Å². The Hall–Kier alpha value is -2.68. The van der Waals surface area contributed by atoms with Gasteiger partial charge in [0.15, 0.2) is 0 Å². The lowest BCUT2D eigenvalue weighted by molar-refractivity contribution is 0.302. The molecule has 0 aliphatic heterocycles. The molecule has 7 heteroatoms. The molecule has 0 bridgehead atoms. The topological polar surface area (TPSA) is 26.7 Å². The molecular formula is C42H54N2OS4. The maximum Gasteiger partial charge on any atom is 0.0606 e. The Labute approximate surface area is 318 Å². The molecule has 4 aromatic rings. The monoisotopic (exact) mass is 730 g/mol. The number of nitrogens with zero attached hydrogens (tertiary/aromatic N) is 2. The van der Waals surface area contributed by atoms with Crippen molar-refractivity contribution < 1.29 is 5.11 Å². The van der Waals surface area contributed by atoms with Gasteiger partial charge in [0.2, 0.25) is 0 Å².